The van der Waals surface area contributed by atoms with E-state index in [1.165, 1.54) is 42.1 Å². The molecular weight excluding hydrogens is 410 g/mol. The van der Waals surface area contributed by atoms with Crippen LogP contribution in [0.15, 0.2) is 72.3 Å². The Hall–Kier alpha value is -3.45. The van der Waals surface area contributed by atoms with Crippen molar-refractivity contribution in [3.8, 4) is 0 Å². The molecule has 3 aromatic carbocycles. The minimum atomic E-state index is 0.385. The van der Waals surface area contributed by atoms with Crippen LogP contribution in [-0.4, -0.2) is 0 Å². The molecule has 1 heteroatoms. The molecule has 0 N–H and O–H groups in total. The van der Waals surface area contributed by atoms with Gasteiger partial charge in [-0.1, -0.05) is 61.7 Å². The molecule has 0 saturated heterocycles. The standard InChI is InChI=1S/C33H33N/c1-7-9-13-26(8-2)22-34-32-18-16-28(24(5)23(3)4)20-30(32)31-21-29(17-19-33(31)34)25(6)27-14-11-10-12-15-27/h3,5-6,10-12,14-21,26H,4,7-9,13,22H2,1-2H3/q-4. The van der Waals surface area contributed by atoms with E-state index in [0.717, 1.165) is 34.2 Å². The maximum atomic E-state index is 6.59. The molecule has 0 radical (unpaired) electrons. The molecule has 0 aliphatic rings. The third-order valence-electron chi connectivity index (χ3n) is 6.90. The maximum Gasteiger partial charge on any atom is 0.137 e. The summed E-state index contributed by atoms with van der Waals surface area (Å²) in [5, 5.41) is 2.33. The second-order valence-corrected chi connectivity index (χ2v) is 9.21. The lowest BCUT2D eigenvalue weighted by Gasteiger charge is -2.34. The largest absolute Gasteiger partial charge is 0.487 e. The summed E-state index contributed by atoms with van der Waals surface area (Å²) in [6.45, 7) is 28.1. The Bertz CT molecular complexity index is 1350. The molecule has 0 saturated carbocycles. The number of unbranched alkanes of at least 4 members (excludes halogenated alkanes) is 1. The van der Waals surface area contributed by atoms with E-state index in [2.05, 4.69) is 55.7 Å². The number of rotatable bonds is 10. The van der Waals surface area contributed by atoms with E-state index < -0.39 is 0 Å². The summed E-state index contributed by atoms with van der Waals surface area (Å²) >= 11 is 0. The summed E-state index contributed by atoms with van der Waals surface area (Å²) in [7, 11) is 0. The van der Waals surface area contributed by atoms with Gasteiger partial charge in [0.25, 0.3) is 0 Å². The lowest BCUT2D eigenvalue weighted by Crippen LogP contribution is -2.37. The number of aromatic nitrogens is 1. The van der Waals surface area contributed by atoms with Crippen LogP contribution in [-0.2, 0) is 6.54 Å². The zero-order chi connectivity index (χ0) is 24.2. The van der Waals surface area contributed by atoms with E-state index in [1.54, 1.807) is 0 Å². The van der Waals surface area contributed by atoms with E-state index >= 15 is 0 Å². The van der Waals surface area contributed by atoms with E-state index in [9.17, 15) is 0 Å². The van der Waals surface area contributed by atoms with Crippen molar-refractivity contribution in [2.24, 2.45) is 5.92 Å². The zero-order valence-corrected chi connectivity index (χ0v) is 20.4. The molecule has 1 atom stereocenters. The van der Waals surface area contributed by atoms with E-state index in [-0.39, 0.29) is 0 Å². The van der Waals surface area contributed by atoms with Crippen LogP contribution in [0.2, 0.25) is 0 Å². The average Bonchev–Trinajstić information content (AvgIpc) is 3.17. The van der Waals surface area contributed by atoms with Crippen LogP contribution < -0.4 is 4.57 Å². The molecule has 0 aliphatic carbocycles. The predicted molar refractivity (Wildman–Crippen MR) is 145 cm³/mol. The van der Waals surface area contributed by atoms with Crippen molar-refractivity contribution >= 4 is 33.0 Å². The van der Waals surface area contributed by atoms with Crippen molar-refractivity contribution in [2.45, 2.75) is 46.1 Å². The van der Waals surface area contributed by atoms with Crippen molar-refractivity contribution in [3.05, 3.63) is 116 Å². The first-order chi connectivity index (χ1) is 16.4. The second kappa shape index (κ2) is 10.2. The highest BCUT2D eigenvalue weighted by Gasteiger charge is 2.17. The summed E-state index contributed by atoms with van der Waals surface area (Å²) in [5.74, 6) is 0.638. The van der Waals surface area contributed by atoms with Crippen LogP contribution in [0.3, 0.4) is 0 Å². The fourth-order valence-corrected chi connectivity index (χ4v) is 4.78. The molecule has 0 bridgehead atoms. The molecule has 174 valence electrons. The van der Waals surface area contributed by atoms with Gasteiger partial charge in [0, 0.05) is 5.92 Å². The van der Waals surface area contributed by atoms with Crippen molar-refractivity contribution in [3.63, 3.8) is 0 Å². The van der Waals surface area contributed by atoms with E-state index in [4.69, 9.17) is 19.7 Å². The van der Waals surface area contributed by atoms with Gasteiger partial charge in [-0.15, -0.1) is 23.8 Å². The number of fused-ring (bicyclic) bond motifs is 3. The summed E-state index contributed by atoms with van der Waals surface area (Å²) in [6.07, 6.45) is 4.90. The molecule has 1 nitrogen and oxygen atoms in total. The number of hydrogen-bond acceptors (Lipinski definition) is 0. The normalized spacial score (nSPS) is 12.2. The molecule has 4 rings (SSSR count). The topological polar surface area (TPSA) is 3.88 Å². The quantitative estimate of drug-likeness (QED) is 0.132. The molecule has 1 aromatic heterocycles. The maximum absolute atomic E-state index is 6.59. The van der Waals surface area contributed by atoms with Gasteiger partial charge in [0.05, 0.1) is 0 Å². The summed E-state index contributed by atoms with van der Waals surface area (Å²) in [6, 6.07) is 23.0. The highest BCUT2D eigenvalue weighted by molar-refractivity contribution is 6.06. The Kier molecular flexibility index (Phi) is 7.12. The molecule has 1 unspecified atom stereocenters. The monoisotopic (exact) mass is 443 g/mol. The lowest BCUT2D eigenvalue weighted by atomic mass is 9.96. The molecule has 1 heterocycles. The minimum absolute atomic E-state index is 0.385. The smallest absolute Gasteiger partial charge is 0.137 e. The Morgan fingerprint density at radius 3 is 2.38 bits per heavy atom. The van der Waals surface area contributed by atoms with Crippen molar-refractivity contribution in [1.29, 1.82) is 0 Å². The minimum Gasteiger partial charge on any atom is -0.487 e. The van der Waals surface area contributed by atoms with Crippen molar-refractivity contribution in [2.75, 3.05) is 0 Å². The Morgan fingerprint density at radius 2 is 1.71 bits per heavy atom. The Balaban J connectivity index is 1.89. The van der Waals surface area contributed by atoms with Crippen molar-refractivity contribution < 1.29 is 4.57 Å². The van der Waals surface area contributed by atoms with Crippen molar-refractivity contribution in [1.82, 2.24) is 0 Å². The first-order valence-corrected chi connectivity index (χ1v) is 12.3. The molecule has 0 fully saturated rings. The summed E-state index contributed by atoms with van der Waals surface area (Å²) in [5.41, 5.74) is 7.03. The zero-order valence-electron chi connectivity index (χ0n) is 20.4. The summed E-state index contributed by atoms with van der Waals surface area (Å²) < 4.78 is 2.47. The fraction of sp³-hybridized carbons (Fsp3) is 0.242. The van der Waals surface area contributed by atoms with Gasteiger partial charge in [-0.05, 0) is 18.9 Å². The Labute approximate surface area is 205 Å². The van der Waals surface area contributed by atoms with Gasteiger partial charge in [-0.3, -0.25) is 4.57 Å². The first-order valence-electron chi connectivity index (χ1n) is 12.3. The number of allylic oxidation sites excluding steroid dienone is 2. The van der Waals surface area contributed by atoms with Gasteiger partial charge in [0.15, 0.2) is 0 Å². The highest BCUT2D eigenvalue weighted by Crippen LogP contribution is 2.32. The third-order valence-corrected chi connectivity index (χ3v) is 6.90. The van der Waals surface area contributed by atoms with Crippen LogP contribution in [0.25, 0.3) is 33.0 Å². The molecular formula is C33H33N-4. The first kappa shape index (κ1) is 23.7. The predicted octanol–water partition coefficient (Wildman–Crippen LogP) is 8.09. The molecule has 4 aromatic rings. The molecule has 34 heavy (non-hydrogen) atoms. The molecule has 0 aliphatic heterocycles. The van der Waals surface area contributed by atoms with Crippen LogP contribution in [0.4, 0.5) is 0 Å². The van der Waals surface area contributed by atoms with E-state index in [0.29, 0.717) is 17.1 Å². The van der Waals surface area contributed by atoms with Gasteiger partial charge in [-0.2, -0.15) is 23.8 Å². The number of nitrogens with zero attached hydrogens (tertiary/aromatic N) is 1. The fourth-order valence-electron chi connectivity index (χ4n) is 4.78. The average molecular weight is 444 g/mol. The molecule has 0 amide bonds. The van der Waals surface area contributed by atoms with Gasteiger partial charge < -0.3 is 31.2 Å². The third kappa shape index (κ3) is 4.61. The Morgan fingerprint density at radius 1 is 0.941 bits per heavy atom. The highest BCUT2D eigenvalue weighted by atomic mass is 15.0. The van der Waals surface area contributed by atoms with Gasteiger partial charge >= 0.3 is 0 Å². The van der Waals surface area contributed by atoms with Gasteiger partial charge in [0.2, 0.25) is 0 Å². The second-order valence-electron chi connectivity index (χ2n) is 9.21. The SMILES string of the molecule is [CH-]=C([CH2-])C(=[CH-])c1ccc2c(c1)c1cc(C(=[CH-])c3ccccc3)cc[c-]1[n+]2CC(CC)CCCC. The summed E-state index contributed by atoms with van der Waals surface area (Å²) in [4.78, 5) is 0. The van der Waals surface area contributed by atoms with Crippen LogP contribution in [0, 0.1) is 32.6 Å². The van der Waals surface area contributed by atoms with Crippen LogP contribution >= 0.6 is 0 Å². The number of hydrogen-bond donors (Lipinski definition) is 0. The molecule has 0 spiro atoms. The van der Waals surface area contributed by atoms with E-state index in [1.807, 2.05) is 36.4 Å². The van der Waals surface area contributed by atoms with Crippen LogP contribution in [0.1, 0.15) is 56.2 Å². The number of benzene rings is 3. The lowest BCUT2D eigenvalue weighted by molar-refractivity contribution is -0.651. The van der Waals surface area contributed by atoms with Gasteiger partial charge in [0.1, 0.15) is 17.6 Å². The van der Waals surface area contributed by atoms with Crippen LogP contribution in [0.5, 0.6) is 0 Å². The van der Waals surface area contributed by atoms with Gasteiger partial charge in [-0.25, -0.2) is 17.7 Å².